The van der Waals surface area contributed by atoms with E-state index in [1.165, 1.54) is 6.08 Å². The minimum atomic E-state index is -1.12. The summed E-state index contributed by atoms with van der Waals surface area (Å²) >= 11 is 0. The van der Waals surface area contributed by atoms with E-state index in [1.807, 2.05) is 10.8 Å². The number of hydrogen-bond acceptors (Lipinski definition) is 4. The Balaban J connectivity index is 2.59. The van der Waals surface area contributed by atoms with Crippen molar-refractivity contribution in [3.63, 3.8) is 0 Å². The first kappa shape index (κ1) is 18.8. The van der Waals surface area contributed by atoms with Crippen LogP contribution in [0.15, 0.2) is 18.5 Å². The maximum Gasteiger partial charge on any atom is 0.330 e. The molecule has 0 aliphatic heterocycles. The molecule has 0 bridgehead atoms. The molecular formula is C16H28N2O3S. The summed E-state index contributed by atoms with van der Waals surface area (Å²) < 4.78 is 13.1. The van der Waals surface area contributed by atoms with Crippen LogP contribution in [0.2, 0.25) is 0 Å². The highest BCUT2D eigenvalue weighted by Gasteiger charge is 2.28. The van der Waals surface area contributed by atoms with Crippen LogP contribution in [0, 0.1) is 0 Å². The minimum Gasteiger partial charge on any atom is -0.463 e. The normalized spacial score (nSPS) is 13.5. The van der Waals surface area contributed by atoms with E-state index in [2.05, 4.69) is 38.3 Å². The molecule has 0 N–H and O–H groups in total. The van der Waals surface area contributed by atoms with Gasteiger partial charge in [0.05, 0.1) is 13.2 Å². The second-order valence-electron chi connectivity index (χ2n) is 6.23. The van der Waals surface area contributed by atoms with Gasteiger partial charge in [-0.25, -0.2) is 9.78 Å². The fourth-order valence-corrected chi connectivity index (χ4v) is 2.37. The van der Waals surface area contributed by atoms with Crippen molar-refractivity contribution in [3.8, 4) is 0 Å². The lowest BCUT2D eigenvalue weighted by Gasteiger charge is -2.43. The second kappa shape index (κ2) is 7.83. The van der Waals surface area contributed by atoms with Crippen LogP contribution in [0.3, 0.4) is 0 Å². The van der Waals surface area contributed by atoms with Crippen LogP contribution >= 0.6 is 10.3 Å². The van der Waals surface area contributed by atoms with Crippen molar-refractivity contribution in [1.82, 2.24) is 9.55 Å². The molecule has 0 radical (unpaired) electrons. The molecule has 0 aliphatic carbocycles. The highest BCUT2D eigenvalue weighted by molar-refractivity contribution is 8.29. The summed E-state index contributed by atoms with van der Waals surface area (Å²) in [6.07, 6.45) is 11.0. The summed E-state index contributed by atoms with van der Waals surface area (Å²) in [6, 6.07) is 0. The van der Waals surface area contributed by atoms with Crippen LogP contribution in [0.5, 0.6) is 0 Å². The van der Waals surface area contributed by atoms with E-state index >= 15 is 0 Å². The average Bonchev–Trinajstić information content (AvgIpc) is 2.83. The maximum atomic E-state index is 11.3. The summed E-state index contributed by atoms with van der Waals surface area (Å²) in [4.78, 5) is 15.6. The smallest absolute Gasteiger partial charge is 0.330 e. The second-order valence-corrected chi connectivity index (χ2v) is 10.2. The number of imidazole rings is 1. The molecule has 0 saturated heterocycles. The van der Waals surface area contributed by atoms with Crippen LogP contribution in [0.1, 0.15) is 33.5 Å². The summed E-state index contributed by atoms with van der Waals surface area (Å²) in [5, 5.41) is 0. The quantitative estimate of drug-likeness (QED) is 0.569. The van der Waals surface area contributed by atoms with Gasteiger partial charge in [-0.15, -0.1) is 10.3 Å². The van der Waals surface area contributed by atoms with Crippen LogP contribution < -0.4 is 0 Å². The molecule has 0 atom stereocenters. The molecular weight excluding hydrogens is 300 g/mol. The van der Waals surface area contributed by atoms with E-state index in [1.54, 1.807) is 19.2 Å². The van der Waals surface area contributed by atoms with Gasteiger partial charge in [0.1, 0.15) is 5.82 Å². The van der Waals surface area contributed by atoms with Crippen LogP contribution in [0.25, 0.3) is 6.08 Å². The lowest BCUT2D eigenvalue weighted by molar-refractivity contribution is -0.137. The van der Waals surface area contributed by atoms with Gasteiger partial charge in [-0.1, -0.05) is 20.8 Å². The molecule has 0 unspecified atom stereocenters. The number of ether oxygens (including phenoxy) is 1. The number of carbonyl (C=O) groups is 1. The Morgan fingerprint density at radius 2 is 2.09 bits per heavy atom. The van der Waals surface area contributed by atoms with Crippen molar-refractivity contribution in [3.05, 3.63) is 24.3 Å². The third-order valence-electron chi connectivity index (χ3n) is 3.59. The number of esters is 1. The van der Waals surface area contributed by atoms with Crippen LogP contribution in [-0.2, 0) is 20.3 Å². The van der Waals surface area contributed by atoms with Crippen LogP contribution in [0.4, 0.5) is 0 Å². The van der Waals surface area contributed by atoms with Gasteiger partial charge in [0.15, 0.2) is 0 Å². The number of hydrogen-bond donors (Lipinski definition) is 0. The topological polar surface area (TPSA) is 53.3 Å². The van der Waals surface area contributed by atoms with Gasteiger partial charge in [-0.2, -0.15) is 0 Å². The predicted octanol–water partition coefficient (Wildman–Crippen LogP) is 3.25. The molecule has 126 valence electrons. The van der Waals surface area contributed by atoms with Crippen LogP contribution in [-0.4, -0.2) is 46.0 Å². The van der Waals surface area contributed by atoms with E-state index in [4.69, 9.17) is 8.92 Å². The van der Waals surface area contributed by atoms with E-state index in [9.17, 15) is 4.79 Å². The standard InChI is InChI=1S/C16H28N2O3S/c1-7-20-15(19)9-8-14-17-10-11-18(14)12-13-21-22(5,6)16(2,3)4/h8-11H,7,12-13H2,1-6H3/b9-8+. The molecule has 0 saturated carbocycles. The zero-order chi connectivity index (χ0) is 16.8. The molecule has 0 aromatic carbocycles. The summed E-state index contributed by atoms with van der Waals surface area (Å²) in [5.41, 5.74) is 0. The maximum absolute atomic E-state index is 11.3. The molecule has 22 heavy (non-hydrogen) atoms. The minimum absolute atomic E-state index is 0.147. The molecule has 1 rings (SSSR count). The Kier molecular flexibility index (Phi) is 6.68. The predicted molar refractivity (Wildman–Crippen MR) is 93.0 cm³/mol. The largest absolute Gasteiger partial charge is 0.463 e. The fourth-order valence-electron chi connectivity index (χ4n) is 1.52. The van der Waals surface area contributed by atoms with Crippen molar-refractivity contribution in [1.29, 1.82) is 0 Å². The van der Waals surface area contributed by atoms with E-state index in [-0.39, 0.29) is 10.7 Å². The number of rotatable bonds is 7. The van der Waals surface area contributed by atoms with E-state index in [0.29, 0.717) is 19.8 Å². The van der Waals surface area contributed by atoms with Gasteiger partial charge in [0.2, 0.25) is 0 Å². The Morgan fingerprint density at radius 3 is 2.68 bits per heavy atom. The van der Waals surface area contributed by atoms with Gasteiger partial charge in [0, 0.05) is 29.8 Å². The zero-order valence-electron chi connectivity index (χ0n) is 14.5. The monoisotopic (exact) mass is 328 g/mol. The van der Waals surface area contributed by atoms with E-state index < -0.39 is 10.3 Å². The molecule has 0 fully saturated rings. The zero-order valence-corrected chi connectivity index (χ0v) is 15.3. The summed E-state index contributed by atoms with van der Waals surface area (Å²) in [5.74, 6) is 0.367. The van der Waals surface area contributed by atoms with Gasteiger partial charge in [-0.05, 0) is 25.5 Å². The molecule has 0 aliphatic rings. The Bertz CT molecular complexity index is 516. The Morgan fingerprint density at radius 1 is 1.41 bits per heavy atom. The lowest BCUT2D eigenvalue weighted by Crippen LogP contribution is -2.26. The summed E-state index contributed by atoms with van der Waals surface area (Å²) in [7, 11) is -1.12. The molecule has 5 nitrogen and oxygen atoms in total. The molecule has 6 heteroatoms. The third kappa shape index (κ3) is 5.50. The van der Waals surface area contributed by atoms with Crippen molar-refractivity contribution >= 4 is 22.4 Å². The van der Waals surface area contributed by atoms with Gasteiger partial charge in [-0.3, -0.25) is 0 Å². The van der Waals surface area contributed by atoms with Crippen molar-refractivity contribution < 1.29 is 13.7 Å². The van der Waals surface area contributed by atoms with Gasteiger partial charge >= 0.3 is 5.97 Å². The summed E-state index contributed by atoms with van der Waals surface area (Å²) in [6.45, 7) is 10.1. The highest BCUT2D eigenvalue weighted by Crippen LogP contribution is 2.53. The number of aromatic nitrogens is 2. The molecule has 1 heterocycles. The van der Waals surface area contributed by atoms with Gasteiger partial charge in [0.25, 0.3) is 0 Å². The Hall–Kier alpha value is -1.27. The highest BCUT2D eigenvalue weighted by atomic mass is 32.3. The first-order chi connectivity index (χ1) is 10.2. The van der Waals surface area contributed by atoms with Crippen molar-refractivity contribution in [2.75, 3.05) is 25.7 Å². The van der Waals surface area contributed by atoms with Crippen molar-refractivity contribution in [2.24, 2.45) is 0 Å². The number of carbonyl (C=O) groups excluding carboxylic acids is 1. The molecule has 0 amide bonds. The first-order valence-corrected chi connectivity index (χ1v) is 9.78. The van der Waals surface area contributed by atoms with Gasteiger partial charge < -0.3 is 13.5 Å². The van der Waals surface area contributed by atoms with E-state index in [0.717, 1.165) is 5.82 Å². The third-order valence-corrected chi connectivity index (χ3v) is 7.29. The molecule has 1 aromatic rings. The average molecular weight is 328 g/mol. The lowest BCUT2D eigenvalue weighted by atomic mass is 10.3. The fraction of sp³-hybridized carbons (Fsp3) is 0.625. The Labute approximate surface area is 135 Å². The first-order valence-electron chi connectivity index (χ1n) is 7.40. The number of nitrogens with zero attached hydrogens (tertiary/aromatic N) is 2. The molecule has 0 spiro atoms. The molecule has 1 aromatic heterocycles. The SMILES string of the molecule is CCOC(=O)/C=C/c1nccn1CCOS(C)(C)C(C)(C)C. The van der Waals surface area contributed by atoms with Crippen molar-refractivity contribution in [2.45, 2.75) is 39.0 Å².